The standard InChI is InChI=1S/C53H65NO15Si/c1-29-35(66-48(62)40(69-70(10,11)49(4,5)6)37(32-21-15-12-16-22-32)54-46(60)33-23-17-13-18-24-33)27-53(63)45(67-47(61)34-25-19-14-20-26-34)41-51(9,43(59)39(65-30(2)55)36(29)50(53,7)8)42(58)38(57)44-52(41,28-64-44)68-31(3)56/h12-26,35,37-42,44-45,57-58,63H,27-28H2,1-11H3,(H,54,60)/t35-,37-,38-,39+,40+,41?,42-,44+,45?,51-,52+,53+/m0/s1. The van der Waals surface area contributed by atoms with Crippen LogP contribution < -0.4 is 5.32 Å². The van der Waals surface area contributed by atoms with E-state index in [0.29, 0.717) is 11.1 Å². The molecule has 0 radical (unpaired) electrons. The number of aliphatic hydroxyl groups is 3. The summed E-state index contributed by atoms with van der Waals surface area (Å²) >= 11 is 0. The fourth-order valence-electron chi connectivity index (χ4n) is 10.9. The van der Waals surface area contributed by atoms with Crippen molar-refractivity contribution in [3.63, 3.8) is 0 Å². The first kappa shape index (κ1) is 52.3. The van der Waals surface area contributed by atoms with E-state index in [4.69, 9.17) is 28.1 Å². The summed E-state index contributed by atoms with van der Waals surface area (Å²) in [4.78, 5) is 86.3. The number of ether oxygens (including phenoxy) is 5. The minimum absolute atomic E-state index is 0.0336. The van der Waals surface area contributed by atoms with E-state index in [1.165, 1.54) is 19.1 Å². The van der Waals surface area contributed by atoms with Crippen LogP contribution in [0.1, 0.15) is 101 Å². The van der Waals surface area contributed by atoms with E-state index in [1.807, 2.05) is 33.9 Å². The summed E-state index contributed by atoms with van der Waals surface area (Å²) in [5.41, 5.74) is -7.54. The van der Waals surface area contributed by atoms with E-state index in [0.717, 1.165) is 13.8 Å². The number of carbonyl (C=O) groups excluding carboxylic acids is 6. The minimum atomic E-state index is -2.96. The number of Topliss-reactive ketones (excluding diaryl/α,β-unsaturated/α-hetero) is 1. The monoisotopic (exact) mass is 983 g/mol. The molecule has 376 valence electrons. The van der Waals surface area contributed by atoms with Gasteiger partial charge in [-0.2, -0.15) is 0 Å². The predicted molar refractivity (Wildman–Crippen MR) is 255 cm³/mol. The topological polar surface area (TPSA) is 231 Å². The van der Waals surface area contributed by atoms with Gasteiger partial charge in [-0.25, -0.2) is 9.59 Å². The Balaban J connectivity index is 1.46. The smallest absolute Gasteiger partial charge is 0.338 e. The highest BCUT2D eigenvalue weighted by Gasteiger charge is 2.80. The Labute approximate surface area is 409 Å². The number of benzene rings is 3. The maximum atomic E-state index is 15.8. The zero-order valence-electron chi connectivity index (χ0n) is 41.5. The lowest BCUT2D eigenvalue weighted by molar-refractivity contribution is -0.369. The van der Waals surface area contributed by atoms with Crippen molar-refractivity contribution in [2.24, 2.45) is 16.7 Å². The molecule has 0 spiro atoms. The van der Waals surface area contributed by atoms with Gasteiger partial charge < -0.3 is 48.7 Å². The molecule has 16 nitrogen and oxygen atoms in total. The molecule has 1 saturated heterocycles. The van der Waals surface area contributed by atoms with Crippen molar-refractivity contribution in [2.45, 2.75) is 147 Å². The number of aliphatic hydroxyl groups excluding tert-OH is 2. The largest absolute Gasteiger partial charge is 0.456 e. The molecule has 0 aromatic heterocycles. The maximum absolute atomic E-state index is 15.8. The van der Waals surface area contributed by atoms with Gasteiger partial charge >= 0.3 is 23.9 Å². The predicted octanol–water partition coefficient (Wildman–Crippen LogP) is 5.74. The molecule has 3 aromatic rings. The molecule has 3 fully saturated rings. The van der Waals surface area contributed by atoms with Gasteiger partial charge in [-0.1, -0.05) is 101 Å². The third-order valence-electron chi connectivity index (χ3n) is 15.7. The van der Waals surface area contributed by atoms with Crippen molar-refractivity contribution < 1.29 is 72.2 Å². The third-order valence-corrected chi connectivity index (χ3v) is 20.2. The van der Waals surface area contributed by atoms with E-state index in [1.54, 1.807) is 99.6 Å². The molecule has 2 unspecified atom stereocenters. The first-order chi connectivity index (χ1) is 32.6. The van der Waals surface area contributed by atoms with Crippen molar-refractivity contribution in [3.8, 4) is 0 Å². The molecular weight excluding hydrogens is 919 g/mol. The molecule has 70 heavy (non-hydrogen) atoms. The zero-order chi connectivity index (χ0) is 51.5. The Morgan fingerprint density at radius 3 is 1.89 bits per heavy atom. The molecule has 1 aliphatic heterocycles. The quantitative estimate of drug-likeness (QED) is 0.0735. The normalized spacial score (nSPS) is 31.2. The van der Waals surface area contributed by atoms with E-state index in [2.05, 4.69) is 5.32 Å². The Morgan fingerprint density at radius 2 is 1.37 bits per heavy atom. The highest BCUT2D eigenvalue weighted by molar-refractivity contribution is 6.74. The van der Waals surface area contributed by atoms with Gasteiger partial charge in [0.15, 0.2) is 31.9 Å². The van der Waals surface area contributed by atoms with Crippen LogP contribution in [0.4, 0.5) is 0 Å². The number of hydrogen-bond donors (Lipinski definition) is 4. The first-order valence-corrected chi connectivity index (χ1v) is 26.4. The Bertz CT molecular complexity index is 2540. The molecule has 4 aliphatic rings. The van der Waals surface area contributed by atoms with Crippen LogP contribution in [0.3, 0.4) is 0 Å². The molecule has 12 atom stereocenters. The maximum Gasteiger partial charge on any atom is 0.338 e. The molecule has 4 N–H and O–H groups in total. The zero-order valence-corrected chi connectivity index (χ0v) is 42.5. The number of ketones is 1. The van der Waals surface area contributed by atoms with Crippen molar-refractivity contribution in [2.75, 3.05) is 6.61 Å². The first-order valence-electron chi connectivity index (χ1n) is 23.5. The number of hydrogen-bond acceptors (Lipinski definition) is 15. The lowest BCUT2D eigenvalue weighted by Crippen LogP contribution is -2.85. The summed E-state index contributed by atoms with van der Waals surface area (Å²) in [6.07, 6.45) is -12.8. The van der Waals surface area contributed by atoms with E-state index >= 15 is 9.59 Å². The summed E-state index contributed by atoms with van der Waals surface area (Å²) in [6.45, 7) is 17.5. The fraction of sp³-hybridized carbons (Fsp3) is 0.509. The average molecular weight is 984 g/mol. The van der Waals surface area contributed by atoms with Gasteiger partial charge in [0.2, 0.25) is 0 Å². The van der Waals surface area contributed by atoms with Crippen LogP contribution in [0.15, 0.2) is 102 Å². The number of amides is 1. The van der Waals surface area contributed by atoms with Gasteiger partial charge in [-0.05, 0) is 73.0 Å². The number of fused-ring (bicyclic) bond motifs is 5. The Kier molecular flexibility index (Phi) is 14.1. The molecular formula is C53H65NO15Si. The number of nitrogens with one attached hydrogen (secondary N) is 1. The summed E-state index contributed by atoms with van der Waals surface area (Å²) in [5, 5.41) is 40.5. The van der Waals surface area contributed by atoms with Crippen LogP contribution in [0, 0.1) is 16.7 Å². The lowest BCUT2D eigenvalue weighted by atomic mass is 9.44. The molecule has 3 aromatic carbocycles. The van der Waals surface area contributed by atoms with E-state index in [9.17, 15) is 34.5 Å². The van der Waals surface area contributed by atoms with Gasteiger partial charge in [0.25, 0.3) is 5.91 Å². The van der Waals surface area contributed by atoms with E-state index in [-0.39, 0.29) is 16.7 Å². The third kappa shape index (κ3) is 8.82. The average Bonchev–Trinajstić information content (AvgIpc) is 3.29. The fourth-order valence-corrected chi connectivity index (χ4v) is 12.1. The molecule has 2 saturated carbocycles. The van der Waals surface area contributed by atoms with Gasteiger partial charge in [-0.15, -0.1) is 0 Å². The molecule has 1 amide bonds. The molecule has 17 heteroatoms. The van der Waals surface area contributed by atoms with Gasteiger partial charge in [0.05, 0.1) is 35.6 Å². The van der Waals surface area contributed by atoms with Crippen LogP contribution in [0.25, 0.3) is 0 Å². The number of rotatable bonds is 12. The van der Waals surface area contributed by atoms with Crippen LogP contribution in [-0.4, -0.2) is 120 Å². The van der Waals surface area contributed by atoms with Gasteiger partial charge in [-0.3, -0.25) is 19.2 Å². The van der Waals surface area contributed by atoms with Crippen molar-refractivity contribution in [1.82, 2.24) is 5.32 Å². The summed E-state index contributed by atoms with van der Waals surface area (Å²) < 4.78 is 37.8. The van der Waals surface area contributed by atoms with Crippen molar-refractivity contribution in [3.05, 3.63) is 119 Å². The molecule has 2 bridgehead atoms. The molecule has 1 heterocycles. The highest BCUT2D eigenvalue weighted by atomic mass is 28.4. The SMILES string of the molecule is CC(=O)O[C@H]1C(=O)[C@@]2(C)C(C(OC(=O)c3ccccc3)[C@]3(O)C[C@H](OC(=O)[C@H](O[Si](C)(C)C(C)(C)C)[C@@H](NC(=O)c4ccccc4)c4ccccc4)C(C)=C1C3(C)C)[C@]1(OC(C)=O)CO[C@@H]1[C@@H](O)[C@@H]2O. The number of carbonyl (C=O) groups is 6. The Hall–Kier alpha value is -5.56. The van der Waals surface area contributed by atoms with E-state index < -0.39 is 139 Å². The van der Waals surface area contributed by atoms with Crippen LogP contribution in [-0.2, 0) is 47.3 Å². The van der Waals surface area contributed by atoms with Gasteiger partial charge in [0, 0.05) is 31.2 Å². The van der Waals surface area contributed by atoms with Crippen LogP contribution >= 0.6 is 0 Å². The Morgan fingerprint density at radius 1 is 0.814 bits per heavy atom. The summed E-state index contributed by atoms with van der Waals surface area (Å²) in [7, 11) is -2.96. The minimum Gasteiger partial charge on any atom is -0.456 e. The number of esters is 4. The van der Waals surface area contributed by atoms with Gasteiger partial charge in [0.1, 0.15) is 30.0 Å². The second-order valence-electron chi connectivity index (χ2n) is 21.3. The van der Waals surface area contributed by atoms with Crippen molar-refractivity contribution >= 4 is 43.9 Å². The second kappa shape index (κ2) is 18.9. The lowest BCUT2D eigenvalue weighted by Gasteiger charge is -2.68. The molecule has 7 rings (SSSR count). The van der Waals surface area contributed by atoms with Crippen LogP contribution in [0.2, 0.25) is 18.1 Å². The molecule has 3 aliphatic carbocycles. The second-order valence-corrected chi connectivity index (χ2v) is 26.1. The van der Waals surface area contributed by atoms with Crippen LogP contribution in [0.5, 0.6) is 0 Å². The summed E-state index contributed by atoms with van der Waals surface area (Å²) in [5.74, 6) is -6.96. The van der Waals surface area contributed by atoms with Crippen molar-refractivity contribution in [1.29, 1.82) is 0 Å². The highest BCUT2D eigenvalue weighted by Crippen LogP contribution is 2.64. The summed E-state index contributed by atoms with van der Waals surface area (Å²) in [6, 6.07) is 23.9.